The van der Waals surface area contributed by atoms with Gasteiger partial charge in [0.25, 0.3) is 5.56 Å². The van der Waals surface area contributed by atoms with Gasteiger partial charge in [-0.25, -0.2) is 0 Å². The van der Waals surface area contributed by atoms with E-state index in [9.17, 15) is 4.79 Å². The lowest BCUT2D eigenvalue weighted by atomic mass is 10.0. The molecule has 1 N–H and O–H groups in total. The van der Waals surface area contributed by atoms with Gasteiger partial charge in [0.1, 0.15) is 11.6 Å². The van der Waals surface area contributed by atoms with Crippen molar-refractivity contribution in [1.82, 2.24) is 9.97 Å². The number of nitrogens with one attached hydrogen (secondary N) is 1. The Morgan fingerprint density at radius 3 is 2.94 bits per heavy atom. The van der Waals surface area contributed by atoms with Crippen LogP contribution in [0.2, 0.25) is 0 Å². The van der Waals surface area contributed by atoms with Crippen LogP contribution < -0.4 is 5.56 Å². The van der Waals surface area contributed by atoms with Crippen molar-refractivity contribution < 1.29 is 0 Å². The number of aromatic amines is 1. The van der Waals surface area contributed by atoms with Crippen molar-refractivity contribution in [3.05, 3.63) is 64.7 Å². The van der Waals surface area contributed by atoms with Crippen molar-refractivity contribution >= 4 is 0 Å². The van der Waals surface area contributed by atoms with Gasteiger partial charge in [0.2, 0.25) is 0 Å². The molecule has 2 aromatic heterocycles. The standard InChI is InChI=1S/C14H11N3O/c1-2-5-13-11(12-6-3-4-7-16-12)8-10(9-15)14(18)17-13/h2-4,6-8H,1,5H2,(H,17,18). The Morgan fingerprint density at radius 1 is 1.50 bits per heavy atom. The van der Waals surface area contributed by atoms with E-state index in [1.54, 1.807) is 18.3 Å². The minimum absolute atomic E-state index is 0.0865. The SMILES string of the molecule is C=CCc1[nH]c(=O)c(C#N)cc1-c1ccccn1. The van der Waals surface area contributed by atoms with Crippen molar-refractivity contribution in [2.45, 2.75) is 6.42 Å². The second kappa shape index (κ2) is 5.11. The Labute approximate surface area is 104 Å². The Hall–Kier alpha value is -2.67. The highest BCUT2D eigenvalue weighted by molar-refractivity contribution is 5.63. The zero-order valence-electron chi connectivity index (χ0n) is 9.68. The van der Waals surface area contributed by atoms with Crippen LogP contribution in [0.5, 0.6) is 0 Å². The van der Waals surface area contributed by atoms with Gasteiger partial charge in [-0.15, -0.1) is 6.58 Å². The molecule has 2 aromatic rings. The molecular formula is C14H11N3O. The van der Waals surface area contributed by atoms with E-state index in [0.29, 0.717) is 12.1 Å². The number of nitrogens with zero attached hydrogens (tertiary/aromatic N) is 2. The van der Waals surface area contributed by atoms with Crippen molar-refractivity contribution in [1.29, 1.82) is 5.26 Å². The maximum atomic E-state index is 11.6. The number of rotatable bonds is 3. The van der Waals surface area contributed by atoms with E-state index in [1.807, 2.05) is 24.3 Å². The van der Waals surface area contributed by atoms with Gasteiger partial charge in [-0.2, -0.15) is 5.26 Å². The molecule has 0 bridgehead atoms. The number of pyridine rings is 2. The Balaban J connectivity index is 2.68. The molecular weight excluding hydrogens is 226 g/mol. The van der Waals surface area contributed by atoms with Crippen LogP contribution in [0.25, 0.3) is 11.3 Å². The van der Waals surface area contributed by atoms with E-state index in [0.717, 1.165) is 11.3 Å². The summed E-state index contributed by atoms with van der Waals surface area (Å²) in [6.07, 6.45) is 3.89. The monoisotopic (exact) mass is 237 g/mol. The molecule has 0 aromatic carbocycles. The van der Waals surface area contributed by atoms with E-state index in [1.165, 1.54) is 0 Å². The first-order chi connectivity index (χ1) is 8.76. The molecule has 88 valence electrons. The molecule has 0 saturated carbocycles. The zero-order valence-corrected chi connectivity index (χ0v) is 9.68. The topological polar surface area (TPSA) is 69.5 Å². The summed E-state index contributed by atoms with van der Waals surface area (Å²) in [5, 5.41) is 8.90. The average molecular weight is 237 g/mol. The summed E-state index contributed by atoms with van der Waals surface area (Å²) in [5.41, 5.74) is 1.90. The van der Waals surface area contributed by atoms with Gasteiger partial charge >= 0.3 is 0 Å². The third-order valence-corrected chi connectivity index (χ3v) is 2.53. The first kappa shape index (κ1) is 11.8. The van der Waals surface area contributed by atoms with E-state index >= 15 is 0 Å². The second-order valence-electron chi connectivity index (χ2n) is 3.72. The number of allylic oxidation sites excluding steroid dienone is 1. The van der Waals surface area contributed by atoms with Crippen LogP contribution in [-0.4, -0.2) is 9.97 Å². The number of nitriles is 1. The molecule has 0 aliphatic carbocycles. The molecule has 0 aliphatic rings. The van der Waals surface area contributed by atoms with Gasteiger partial charge in [0.05, 0.1) is 5.69 Å². The van der Waals surface area contributed by atoms with Crippen molar-refractivity contribution in [3.63, 3.8) is 0 Å². The van der Waals surface area contributed by atoms with Gasteiger partial charge in [0.15, 0.2) is 0 Å². The summed E-state index contributed by atoms with van der Waals surface area (Å²) < 4.78 is 0. The first-order valence-electron chi connectivity index (χ1n) is 5.45. The largest absolute Gasteiger partial charge is 0.324 e. The number of H-pyrrole nitrogens is 1. The van der Waals surface area contributed by atoms with Crippen LogP contribution in [-0.2, 0) is 6.42 Å². The fraction of sp³-hybridized carbons (Fsp3) is 0.0714. The molecule has 0 aliphatic heterocycles. The van der Waals surface area contributed by atoms with E-state index in [4.69, 9.17) is 5.26 Å². The maximum absolute atomic E-state index is 11.6. The highest BCUT2D eigenvalue weighted by atomic mass is 16.1. The summed E-state index contributed by atoms with van der Waals surface area (Å²) in [6, 6.07) is 8.95. The quantitative estimate of drug-likeness (QED) is 0.830. The summed E-state index contributed by atoms with van der Waals surface area (Å²) >= 11 is 0. The fourth-order valence-electron chi connectivity index (χ4n) is 1.71. The lowest BCUT2D eigenvalue weighted by Gasteiger charge is -2.07. The van der Waals surface area contributed by atoms with Crippen LogP contribution in [0.15, 0.2) is 47.9 Å². The van der Waals surface area contributed by atoms with Gasteiger partial charge in [0, 0.05) is 23.9 Å². The molecule has 0 radical (unpaired) electrons. The summed E-state index contributed by atoms with van der Waals surface area (Å²) in [6.45, 7) is 3.66. The average Bonchev–Trinajstić information content (AvgIpc) is 2.40. The molecule has 4 nitrogen and oxygen atoms in total. The minimum atomic E-state index is -0.381. The van der Waals surface area contributed by atoms with E-state index in [-0.39, 0.29) is 11.1 Å². The van der Waals surface area contributed by atoms with Gasteiger partial charge in [-0.05, 0) is 18.2 Å². The Bertz CT molecular complexity index is 666. The highest BCUT2D eigenvalue weighted by Crippen LogP contribution is 2.20. The van der Waals surface area contributed by atoms with Gasteiger partial charge < -0.3 is 4.98 Å². The summed E-state index contributed by atoms with van der Waals surface area (Å²) in [4.78, 5) is 18.5. The molecule has 4 heteroatoms. The van der Waals surface area contributed by atoms with Crippen LogP contribution in [0.3, 0.4) is 0 Å². The predicted octanol–water partition coefficient (Wildman–Crippen LogP) is 2.04. The molecule has 0 unspecified atom stereocenters. The van der Waals surface area contributed by atoms with E-state index in [2.05, 4.69) is 16.5 Å². The van der Waals surface area contributed by atoms with E-state index < -0.39 is 0 Å². The fourth-order valence-corrected chi connectivity index (χ4v) is 1.71. The Morgan fingerprint density at radius 2 is 2.33 bits per heavy atom. The van der Waals surface area contributed by atoms with Gasteiger partial charge in [-0.1, -0.05) is 12.1 Å². The van der Waals surface area contributed by atoms with Crippen LogP contribution in [0.1, 0.15) is 11.3 Å². The summed E-state index contributed by atoms with van der Waals surface area (Å²) in [7, 11) is 0. The molecule has 0 atom stereocenters. The Kier molecular flexibility index (Phi) is 3.35. The molecule has 18 heavy (non-hydrogen) atoms. The second-order valence-corrected chi connectivity index (χ2v) is 3.72. The maximum Gasteiger partial charge on any atom is 0.266 e. The van der Waals surface area contributed by atoms with Crippen molar-refractivity contribution in [2.75, 3.05) is 0 Å². The smallest absolute Gasteiger partial charge is 0.266 e. The first-order valence-corrected chi connectivity index (χ1v) is 5.45. The molecule has 0 spiro atoms. The van der Waals surface area contributed by atoms with Crippen LogP contribution in [0.4, 0.5) is 0 Å². The zero-order chi connectivity index (χ0) is 13.0. The number of hydrogen-bond donors (Lipinski definition) is 1. The van der Waals surface area contributed by atoms with Gasteiger partial charge in [-0.3, -0.25) is 9.78 Å². The third-order valence-electron chi connectivity index (χ3n) is 2.53. The lowest BCUT2D eigenvalue weighted by molar-refractivity contribution is 1.06. The molecule has 2 rings (SSSR count). The van der Waals surface area contributed by atoms with Crippen LogP contribution >= 0.6 is 0 Å². The number of hydrogen-bond acceptors (Lipinski definition) is 3. The van der Waals surface area contributed by atoms with Crippen LogP contribution in [0, 0.1) is 11.3 Å². The highest BCUT2D eigenvalue weighted by Gasteiger charge is 2.10. The minimum Gasteiger partial charge on any atom is -0.324 e. The predicted molar refractivity (Wildman–Crippen MR) is 68.9 cm³/mol. The summed E-state index contributed by atoms with van der Waals surface area (Å²) in [5.74, 6) is 0. The molecule has 0 saturated heterocycles. The molecule has 0 amide bonds. The number of aromatic nitrogens is 2. The van der Waals surface area contributed by atoms with Crippen molar-refractivity contribution in [3.8, 4) is 17.3 Å². The normalized spacial score (nSPS) is 9.72. The third kappa shape index (κ3) is 2.20. The molecule has 2 heterocycles. The van der Waals surface area contributed by atoms with Crippen molar-refractivity contribution in [2.24, 2.45) is 0 Å². The lowest BCUT2D eigenvalue weighted by Crippen LogP contribution is -2.13. The molecule has 0 fully saturated rings.